The van der Waals surface area contributed by atoms with Crippen molar-refractivity contribution in [3.05, 3.63) is 23.3 Å². The Morgan fingerprint density at radius 1 is 1.54 bits per heavy atom. The average Bonchev–Trinajstić information content (AvgIpc) is 2.52. The SMILES string of the molecule is CCN=C1CC=C/C1=C(/C)C(C)C. The predicted octanol–water partition coefficient (Wildman–Crippen LogP) is 3.38. The molecule has 1 heteroatoms. The molecule has 0 saturated carbocycles. The maximum atomic E-state index is 4.50. The number of rotatable bonds is 2. The molecule has 0 aromatic carbocycles. The van der Waals surface area contributed by atoms with E-state index in [0.717, 1.165) is 13.0 Å². The largest absolute Gasteiger partial charge is 0.289 e. The molecule has 0 saturated heterocycles. The Balaban J connectivity index is 2.96. The van der Waals surface area contributed by atoms with Crippen LogP contribution in [0, 0.1) is 5.92 Å². The number of allylic oxidation sites excluding steroid dienone is 4. The minimum absolute atomic E-state index is 0.625. The molecule has 0 unspecified atom stereocenters. The lowest BCUT2D eigenvalue weighted by Gasteiger charge is -2.09. The highest BCUT2D eigenvalue weighted by Gasteiger charge is 2.13. The lowest BCUT2D eigenvalue weighted by atomic mass is 9.97. The summed E-state index contributed by atoms with van der Waals surface area (Å²) in [4.78, 5) is 4.50. The van der Waals surface area contributed by atoms with E-state index in [1.807, 2.05) is 0 Å². The second kappa shape index (κ2) is 4.40. The van der Waals surface area contributed by atoms with Crippen molar-refractivity contribution in [1.29, 1.82) is 0 Å². The Kier molecular flexibility index (Phi) is 3.47. The molecule has 1 aliphatic rings. The first-order valence-electron chi connectivity index (χ1n) is 5.07. The van der Waals surface area contributed by atoms with Crippen LogP contribution in [-0.2, 0) is 0 Å². The first-order chi connectivity index (χ1) is 6.16. The zero-order chi connectivity index (χ0) is 9.84. The fraction of sp³-hybridized carbons (Fsp3) is 0.583. The van der Waals surface area contributed by atoms with Gasteiger partial charge in [-0.25, -0.2) is 0 Å². The Morgan fingerprint density at radius 3 is 2.77 bits per heavy atom. The van der Waals surface area contributed by atoms with Gasteiger partial charge in [0.25, 0.3) is 0 Å². The maximum Gasteiger partial charge on any atom is 0.0457 e. The minimum atomic E-state index is 0.625. The van der Waals surface area contributed by atoms with Crippen molar-refractivity contribution >= 4 is 5.71 Å². The van der Waals surface area contributed by atoms with E-state index in [0.29, 0.717) is 5.92 Å². The van der Waals surface area contributed by atoms with E-state index in [1.54, 1.807) is 0 Å². The summed E-state index contributed by atoms with van der Waals surface area (Å²) in [6.07, 6.45) is 5.44. The minimum Gasteiger partial charge on any atom is -0.289 e. The van der Waals surface area contributed by atoms with E-state index >= 15 is 0 Å². The first-order valence-corrected chi connectivity index (χ1v) is 5.07. The molecule has 0 aromatic rings. The van der Waals surface area contributed by atoms with Gasteiger partial charge in [-0.2, -0.15) is 0 Å². The van der Waals surface area contributed by atoms with Crippen LogP contribution in [0.15, 0.2) is 28.3 Å². The highest BCUT2D eigenvalue weighted by Crippen LogP contribution is 2.22. The van der Waals surface area contributed by atoms with Gasteiger partial charge < -0.3 is 0 Å². The summed E-state index contributed by atoms with van der Waals surface area (Å²) < 4.78 is 0. The monoisotopic (exact) mass is 177 g/mol. The van der Waals surface area contributed by atoms with Crippen molar-refractivity contribution in [2.24, 2.45) is 10.9 Å². The highest BCUT2D eigenvalue weighted by molar-refractivity contribution is 6.06. The van der Waals surface area contributed by atoms with Gasteiger partial charge in [-0.3, -0.25) is 4.99 Å². The van der Waals surface area contributed by atoms with Crippen molar-refractivity contribution in [2.75, 3.05) is 6.54 Å². The highest BCUT2D eigenvalue weighted by atomic mass is 14.7. The molecule has 0 atom stereocenters. The van der Waals surface area contributed by atoms with E-state index in [4.69, 9.17) is 0 Å². The van der Waals surface area contributed by atoms with Gasteiger partial charge in [0.05, 0.1) is 0 Å². The van der Waals surface area contributed by atoms with Gasteiger partial charge in [-0.15, -0.1) is 0 Å². The van der Waals surface area contributed by atoms with Crippen LogP contribution in [0.1, 0.15) is 34.1 Å². The molecular formula is C12H19N. The molecule has 0 spiro atoms. The summed E-state index contributed by atoms with van der Waals surface area (Å²) in [5, 5.41) is 0. The first kappa shape index (κ1) is 10.2. The molecule has 1 nitrogen and oxygen atoms in total. The maximum absolute atomic E-state index is 4.50. The predicted molar refractivity (Wildman–Crippen MR) is 59.3 cm³/mol. The van der Waals surface area contributed by atoms with Crippen molar-refractivity contribution in [3.63, 3.8) is 0 Å². The molecule has 0 bridgehead atoms. The van der Waals surface area contributed by atoms with Crippen molar-refractivity contribution in [2.45, 2.75) is 34.1 Å². The summed E-state index contributed by atoms with van der Waals surface area (Å²) in [7, 11) is 0. The molecule has 0 aliphatic heterocycles. The number of aliphatic imine (C=N–C) groups is 1. The van der Waals surface area contributed by atoms with E-state index in [9.17, 15) is 0 Å². The molecule has 13 heavy (non-hydrogen) atoms. The van der Waals surface area contributed by atoms with Gasteiger partial charge in [-0.05, 0) is 25.3 Å². The molecule has 0 heterocycles. The van der Waals surface area contributed by atoms with Crippen molar-refractivity contribution in [1.82, 2.24) is 0 Å². The molecule has 1 rings (SSSR count). The smallest absolute Gasteiger partial charge is 0.0457 e. The standard InChI is InChI=1S/C12H19N/c1-5-13-12-8-6-7-11(12)10(4)9(2)3/h6-7,9H,5,8H2,1-4H3/b11-10+,13-12?. The fourth-order valence-corrected chi connectivity index (χ4v) is 1.51. The zero-order valence-corrected chi connectivity index (χ0v) is 9.09. The second-order valence-corrected chi connectivity index (χ2v) is 3.78. The van der Waals surface area contributed by atoms with Crippen LogP contribution in [0.4, 0.5) is 0 Å². The second-order valence-electron chi connectivity index (χ2n) is 3.78. The van der Waals surface area contributed by atoms with Gasteiger partial charge in [0.1, 0.15) is 0 Å². The van der Waals surface area contributed by atoms with E-state index in [-0.39, 0.29) is 0 Å². The molecule has 1 aliphatic carbocycles. The molecule has 0 fully saturated rings. The molecule has 0 N–H and O–H groups in total. The average molecular weight is 177 g/mol. The lowest BCUT2D eigenvalue weighted by molar-refractivity contribution is 0.766. The van der Waals surface area contributed by atoms with Gasteiger partial charge >= 0.3 is 0 Å². The molecule has 0 aromatic heterocycles. The summed E-state index contributed by atoms with van der Waals surface area (Å²) in [5.74, 6) is 0.625. The van der Waals surface area contributed by atoms with Crippen LogP contribution >= 0.6 is 0 Å². The lowest BCUT2D eigenvalue weighted by Crippen LogP contribution is -2.02. The number of hydrogen-bond acceptors (Lipinski definition) is 1. The topological polar surface area (TPSA) is 12.4 Å². The molecule has 0 radical (unpaired) electrons. The molecular weight excluding hydrogens is 158 g/mol. The van der Waals surface area contributed by atoms with Crippen molar-refractivity contribution < 1.29 is 0 Å². The van der Waals surface area contributed by atoms with Gasteiger partial charge in [-0.1, -0.05) is 31.6 Å². The Hall–Kier alpha value is -0.850. The quantitative estimate of drug-likeness (QED) is 0.613. The van der Waals surface area contributed by atoms with Crippen LogP contribution in [0.25, 0.3) is 0 Å². The Bertz CT molecular complexity index is 267. The number of nitrogens with zero attached hydrogens (tertiary/aromatic N) is 1. The van der Waals surface area contributed by atoms with Crippen molar-refractivity contribution in [3.8, 4) is 0 Å². The molecule has 72 valence electrons. The summed E-state index contributed by atoms with van der Waals surface area (Å²) in [6, 6.07) is 0. The van der Waals surface area contributed by atoms with Crippen LogP contribution in [0.2, 0.25) is 0 Å². The van der Waals surface area contributed by atoms with Gasteiger partial charge in [0.15, 0.2) is 0 Å². The Labute approximate surface area is 81.3 Å². The van der Waals surface area contributed by atoms with Gasteiger partial charge in [0.2, 0.25) is 0 Å². The summed E-state index contributed by atoms with van der Waals surface area (Å²) >= 11 is 0. The third-order valence-corrected chi connectivity index (χ3v) is 2.55. The van der Waals surface area contributed by atoms with E-state index < -0.39 is 0 Å². The van der Waals surface area contributed by atoms with Gasteiger partial charge in [0, 0.05) is 18.7 Å². The third kappa shape index (κ3) is 2.30. The zero-order valence-electron chi connectivity index (χ0n) is 9.09. The fourth-order valence-electron chi connectivity index (χ4n) is 1.51. The van der Waals surface area contributed by atoms with Crippen LogP contribution in [-0.4, -0.2) is 12.3 Å². The molecule has 0 amide bonds. The van der Waals surface area contributed by atoms with Crippen LogP contribution < -0.4 is 0 Å². The summed E-state index contributed by atoms with van der Waals surface area (Å²) in [6.45, 7) is 9.66. The third-order valence-electron chi connectivity index (χ3n) is 2.55. The number of hydrogen-bond donors (Lipinski definition) is 0. The van der Waals surface area contributed by atoms with E-state index in [1.165, 1.54) is 16.9 Å². The van der Waals surface area contributed by atoms with E-state index in [2.05, 4.69) is 44.8 Å². The van der Waals surface area contributed by atoms with Crippen LogP contribution in [0.3, 0.4) is 0 Å². The summed E-state index contributed by atoms with van der Waals surface area (Å²) in [5.41, 5.74) is 4.10. The Morgan fingerprint density at radius 2 is 2.23 bits per heavy atom. The normalized spacial score (nSPS) is 23.3. The van der Waals surface area contributed by atoms with Crippen LogP contribution in [0.5, 0.6) is 0 Å².